The molecule has 2 N–H and O–H groups in total. The van der Waals surface area contributed by atoms with Crippen LogP contribution in [0.1, 0.15) is 30.4 Å². The highest BCUT2D eigenvalue weighted by atomic mass is 35.5. The quantitative estimate of drug-likeness (QED) is 0.847. The van der Waals surface area contributed by atoms with Gasteiger partial charge in [0.05, 0.1) is 5.60 Å². The monoisotopic (exact) mass is 239 g/mol. The third-order valence-corrected chi connectivity index (χ3v) is 3.59. The highest BCUT2D eigenvalue weighted by Gasteiger charge is 2.33. The molecule has 1 fully saturated rings. The van der Waals surface area contributed by atoms with Crippen molar-refractivity contribution in [3.63, 3.8) is 0 Å². The Morgan fingerprint density at radius 1 is 1.44 bits per heavy atom. The average molecular weight is 240 g/mol. The van der Waals surface area contributed by atoms with Gasteiger partial charge in [0.25, 0.3) is 0 Å². The molecule has 1 aliphatic carbocycles. The standard InChI is InChI=1S/C13H18ClNO/c1-10-7-12(14)4-3-11(10)8-15-9-13(16)5-2-6-13/h3-4,7,15-16H,2,5-6,8-9H2,1H3. The molecule has 0 amide bonds. The lowest BCUT2D eigenvalue weighted by Gasteiger charge is -2.36. The van der Waals surface area contributed by atoms with E-state index in [0.29, 0.717) is 6.54 Å². The van der Waals surface area contributed by atoms with Crippen molar-refractivity contribution in [2.75, 3.05) is 6.54 Å². The average Bonchev–Trinajstić information content (AvgIpc) is 2.19. The maximum absolute atomic E-state index is 9.92. The minimum Gasteiger partial charge on any atom is -0.389 e. The van der Waals surface area contributed by atoms with E-state index in [4.69, 9.17) is 11.6 Å². The van der Waals surface area contributed by atoms with Crippen LogP contribution in [0.4, 0.5) is 0 Å². The van der Waals surface area contributed by atoms with Gasteiger partial charge < -0.3 is 10.4 Å². The van der Waals surface area contributed by atoms with E-state index >= 15 is 0 Å². The van der Waals surface area contributed by atoms with Crippen molar-refractivity contribution in [3.05, 3.63) is 34.3 Å². The molecule has 0 bridgehead atoms. The first-order valence-corrected chi connectivity index (χ1v) is 6.15. The number of aliphatic hydroxyl groups is 1. The zero-order valence-corrected chi connectivity index (χ0v) is 10.3. The summed E-state index contributed by atoms with van der Waals surface area (Å²) in [6.07, 6.45) is 3.01. The van der Waals surface area contributed by atoms with E-state index in [9.17, 15) is 5.11 Å². The summed E-state index contributed by atoms with van der Waals surface area (Å²) in [6, 6.07) is 5.91. The van der Waals surface area contributed by atoms with Gasteiger partial charge in [-0.1, -0.05) is 17.7 Å². The summed E-state index contributed by atoms with van der Waals surface area (Å²) in [7, 11) is 0. The molecule has 2 rings (SSSR count). The lowest BCUT2D eigenvalue weighted by atomic mass is 9.80. The summed E-state index contributed by atoms with van der Waals surface area (Å²) >= 11 is 5.89. The van der Waals surface area contributed by atoms with Gasteiger partial charge >= 0.3 is 0 Å². The van der Waals surface area contributed by atoms with Gasteiger partial charge in [0.1, 0.15) is 0 Å². The molecular formula is C13H18ClNO. The fourth-order valence-electron chi connectivity index (χ4n) is 2.05. The summed E-state index contributed by atoms with van der Waals surface area (Å²) in [6.45, 7) is 3.54. The Kier molecular flexibility index (Phi) is 3.53. The molecule has 0 aromatic heterocycles. The topological polar surface area (TPSA) is 32.3 Å². The molecule has 88 valence electrons. The Hall–Kier alpha value is -0.570. The zero-order chi connectivity index (χ0) is 11.6. The molecule has 0 atom stereocenters. The first-order valence-electron chi connectivity index (χ1n) is 5.77. The fourth-order valence-corrected chi connectivity index (χ4v) is 2.28. The molecule has 0 saturated heterocycles. The normalized spacial score (nSPS) is 18.2. The highest BCUT2D eigenvalue weighted by Crippen LogP contribution is 2.30. The predicted molar refractivity (Wildman–Crippen MR) is 66.7 cm³/mol. The van der Waals surface area contributed by atoms with Crippen LogP contribution in [0.3, 0.4) is 0 Å². The highest BCUT2D eigenvalue weighted by molar-refractivity contribution is 6.30. The van der Waals surface area contributed by atoms with Crippen LogP contribution in [0.15, 0.2) is 18.2 Å². The van der Waals surface area contributed by atoms with Gasteiger partial charge in [-0.3, -0.25) is 0 Å². The first-order chi connectivity index (χ1) is 7.59. The maximum Gasteiger partial charge on any atom is 0.0771 e. The maximum atomic E-state index is 9.92. The van der Waals surface area contributed by atoms with Crippen LogP contribution in [-0.2, 0) is 6.54 Å². The second kappa shape index (κ2) is 4.74. The van der Waals surface area contributed by atoms with Crippen molar-refractivity contribution in [2.24, 2.45) is 0 Å². The van der Waals surface area contributed by atoms with Crippen LogP contribution in [0.25, 0.3) is 0 Å². The lowest BCUT2D eigenvalue weighted by Crippen LogP contribution is -2.46. The van der Waals surface area contributed by atoms with E-state index in [0.717, 1.165) is 30.8 Å². The molecule has 0 unspecified atom stereocenters. The number of aryl methyl sites for hydroxylation is 1. The fraction of sp³-hybridized carbons (Fsp3) is 0.538. The van der Waals surface area contributed by atoms with Crippen molar-refractivity contribution in [1.82, 2.24) is 5.32 Å². The molecule has 1 aliphatic rings. The van der Waals surface area contributed by atoms with Gasteiger partial charge in [-0.25, -0.2) is 0 Å². The van der Waals surface area contributed by atoms with E-state index in [1.807, 2.05) is 18.2 Å². The molecule has 0 spiro atoms. The zero-order valence-electron chi connectivity index (χ0n) is 9.59. The molecule has 0 radical (unpaired) electrons. The van der Waals surface area contributed by atoms with Crippen LogP contribution in [0.2, 0.25) is 5.02 Å². The Morgan fingerprint density at radius 2 is 2.19 bits per heavy atom. The number of hydrogen-bond acceptors (Lipinski definition) is 2. The van der Waals surface area contributed by atoms with Gasteiger partial charge in [-0.2, -0.15) is 0 Å². The Labute approximate surface area is 102 Å². The molecule has 1 aromatic carbocycles. The van der Waals surface area contributed by atoms with Crippen LogP contribution in [0, 0.1) is 6.92 Å². The molecular weight excluding hydrogens is 222 g/mol. The van der Waals surface area contributed by atoms with E-state index in [2.05, 4.69) is 12.2 Å². The summed E-state index contributed by atoms with van der Waals surface area (Å²) in [5, 5.41) is 14.0. The van der Waals surface area contributed by atoms with Crippen LogP contribution in [-0.4, -0.2) is 17.3 Å². The van der Waals surface area contributed by atoms with Gasteiger partial charge in [0, 0.05) is 18.1 Å². The van der Waals surface area contributed by atoms with Crippen molar-refractivity contribution < 1.29 is 5.11 Å². The molecule has 16 heavy (non-hydrogen) atoms. The van der Waals surface area contributed by atoms with E-state index in [1.165, 1.54) is 11.1 Å². The molecule has 0 aliphatic heterocycles. The summed E-state index contributed by atoms with van der Waals surface area (Å²) in [5.41, 5.74) is 1.99. The SMILES string of the molecule is Cc1cc(Cl)ccc1CNCC1(O)CCC1. The molecule has 2 nitrogen and oxygen atoms in total. The Morgan fingerprint density at radius 3 is 2.75 bits per heavy atom. The Bertz CT molecular complexity index is 374. The molecule has 3 heteroatoms. The minimum absolute atomic E-state index is 0.444. The number of rotatable bonds is 4. The van der Waals surface area contributed by atoms with Gasteiger partial charge in [-0.15, -0.1) is 0 Å². The second-order valence-electron chi connectivity index (χ2n) is 4.75. The summed E-state index contributed by atoms with van der Waals surface area (Å²) < 4.78 is 0. The third kappa shape index (κ3) is 2.76. The smallest absolute Gasteiger partial charge is 0.0771 e. The number of halogens is 1. The summed E-state index contributed by atoms with van der Waals surface area (Å²) in [4.78, 5) is 0. The first kappa shape index (κ1) is 11.9. The lowest BCUT2D eigenvalue weighted by molar-refractivity contribution is -0.0314. The van der Waals surface area contributed by atoms with Crippen LogP contribution >= 0.6 is 11.6 Å². The summed E-state index contributed by atoms with van der Waals surface area (Å²) in [5.74, 6) is 0. The van der Waals surface area contributed by atoms with E-state index < -0.39 is 5.60 Å². The van der Waals surface area contributed by atoms with Gasteiger partial charge in [0.2, 0.25) is 0 Å². The van der Waals surface area contributed by atoms with E-state index in [1.54, 1.807) is 0 Å². The number of nitrogens with one attached hydrogen (secondary N) is 1. The minimum atomic E-state index is -0.444. The molecule has 1 saturated carbocycles. The molecule has 0 heterocycles. The van der Waals surface area contributed by atoms with Crippen molar-refractivity contribution >= 4 is 11.6 Å². The predicted octanol–water partition coefficient (Wildman–Crippen LogP) is 2.65. The van der Waals surface area contributed by atoms with Gasteiger partial charge in [0.15, 0.2) is 0 Å². The second-order valence-corrected chi connectivity index (χ2v) is 5.19. The number of hydrogen-bond donors (Lipinski definition) is 2. The molecule has 1 aromatic rings. The third-order valence-electron chi connectivity index (χ3n) is 3.36. The van der Waals surface area contributed by atoms with Crippen LogP contribution in [0.5, 0.6) is 0 Å². The van der Waals surface area contributed by atoms with E-state index in [-0.39, 0.29) is 0 Å². The van der Waals surface area contributed by atoms with Crippen molar-refractivity contribution in [3.8, 4) is 0 Å². The Balaban J connectivity index is 1.85. The van der Waals surface area contributed by atoms with Gasteiger partial charge in [-0.05, 0) is 49.4 Å². The van der Waals surface area contributed by atoms with Crippen molar-refractivity contribution in [2.45, 2.75) is 38.3 Å². The van der Waals surface area contributed by atoms with Crippen molar-refractivity contribution in [1.29, 1.82) is 0 Å². The van der Waals surface area contributed by atoms with Crippen LogP contribution < -0.4 is 5.32 Å². The largest absolute Gasteiger partial charge is 0.389 e. The number of benzene rings is 1.